The summed E-state index contributed by atoms with van der Waals surface area (Å²) in [6, 6.07) is 9.50. The van der Waals surface area contributed by atoms with Gasteiger partial charge >= 0.3 is 5.97 Å². The van der Waals surface area contributed by atoms with Gasteiger partial charge in [0.05, 0.1) is 5.56 Å². The van der Waals surface area contributed by atoms with E-state index >= 15 is 0 Å². The van der Waals surface area contributed by atoms with Crippen molar-refractivity contribution in [1.82, 2.24) is 5.48 Å². The Morgan fingerprint density at radius 3 is 2.26 bits per heavy atom. The molecule has 23 heavy (non-hydrogen) atoms. The van der Waals surface area contributed by atoms with Gasteiger partial charge in [-0.3, -0.25) is 0 Å². The minimum Gasteiger partial charge on any atom is -0.366 e. The minimum absolute atomic E-state index is 0.282. The highest BCUT2D eigenvalue weighted by atomic mass is 16.7. The lowest BCUT2D eigenvalue weighted by Crippen LogP contribution is -2.35. The quantitative estimate of drug-likeness (QED) is 0.787. The number of nitrogens with one attached hydrogen (secondary N) is 1. The van der Waals surface area contributed by atoms with Gasteiger partial charge < -0.3 is 4.84 Å². The maximum atomic E-state index is 11.9. The molecule has 1 aromatic rings. The first-order valence-corrected chi connectivity index (χ1v) is 9.33. The van der Waals surface area contributed by atoms with Gasteiger partial charge in [-0.05, 0) is 56.1 Å². The second-order valence-corrected chi connectivity index (χ2v) is 7.33. The number of hydroxylamine groups is 1. The van der Waals surface area contributed by atoms with Crippen LogP contribution in [-0.2, 0) is 4.84 Å². The molecule has 0 bridgehead atoms. The van der Waals surface area contributed by atoms with Crippen LogP contribution in [0.15, 0.2) is 30.3 Å². The Labute approximate surface area is 139 Å². The summed E-state index contributed by atoms with van der Waals surface area (Å²) in [7, 11) is 0. The topological polar surface area (TPSA) is 38.3 Å². The molecule has 3 rings (SSSR count). The van der Waals surface area contributed by atoms with E-state index in [2.05, 4.69) is 5.48 Å². The number of rotatable bonds is 5. The van der Waals surface area contributed by atoms with E-state index in [-0.39, 0.29) is 5.97 Å². The van der Waals surface area contributed by atoms with Crippen molar-refractivity contribution in [2.45, 2.75) is 70.3 Å². The Morgan fingerprint density at radius 2 is 1.57 bits per heavy atom. The summed E-state index contributed by atoms with van der Waals surface area (Å²) in [5.41, 5.74) is 3.60. The van der Waals surface area contributed by atoms with Crippen LogP contribution in [0, 0.1) is 11.8 Å². The summed E-state index contributed by atoms with van der Waals surface area (Å²) < 4.78 is 0. The van der Waals surface area contributed by atoms with Gasteiger partial charge in [0.25, 0.3) is 0 Å². The summed E-state index contributed by atoms with van der Waals surface area (Å²) in [6.07, 6.45) is 13.5. The first-order chi connectivity index (χ1) is 11.3. The standard InChI is InChI=1S/C20H29NO2/c22-20(18-9-5-2-6-10-18)23-21-19-13-11-17(12-14-19)15-16-7-3-1-4-8-16/h2,5-6,9-10,16-17,19,21H,1,3-4,7-8,11-15H2. The molecular weight excluding hydrogens is 286 g/mol. The first kappa shape index (κ1) is 16.5. The highest BCUT2D eigenvalue weighted by molar-refractivity contribution is 5.89. The van der Waals surface area contributed by atoms with Crippen molar-refractivity contribution in [3.8, 4) is 0 Å². The Kier molecular flexibility index (Phi) is 6.09. The Bertz CT molecular complexity index is 474. The fraction of sp³-hybridized carbons (Fsp3) is 0.650. The zero-order valence-corrected chi connectivity index (χ0v) is 14.0. The number of hydrogen-bond donors (Lipinski definition) is 1. The van der Waals surface area contributed by atoms with Gasteiger partial charge in [-0.15, -0.1) is 5.48 Å². The first-order valence-electron chi connectivity index (χ1n) is 9.33. The smallest absolute Gasteiger partial charge is 0.356 e. The average Bonchev–Trinajstić information content (AvgIpc) is 2.62. The number of carbonyl (C=O) groups is 1. The Balaban J connectivity index is 1.35. The lowest BCUT2D eigenvalue weighted by atomic mass is 9.77. The van der Waals surface area contributed by atoms with Crippen molar-refractivity contribution >= 4 is 5.97 Å². The lowest BCUT2D eigenvalue weighted by Gasteiger charge is -2.32. The maximum Gasteiger partial charge on any atom is 0.356 e. The molecule has 0 aliphatic heterocycles. The molecular formula is C20H29NO2. The van der Waals surface area contributed by atoms with E-state index in [0.717, 1.165) is 24.7 Å². The third kappa shape index (κ3) is 5.07. The van der Waals surface area contributed by atoms with Crippen LogP contribution in [0.25, 0.3) is 0 Å². The monoisotopic (exact) mass is 315 g/mol. The van der Waals surface area contributed by atoms with E-state index in [1.54, 1.807) is 12.1 Å². The highest BCUT2D eigenvalue weighted by Crippen LogP contribution is 2.35. The molecule has 1 N–H and O–H groups in total. The SMILES string of the molecule is O=C(ONC1CCC(CC2CCCCC2)CC1)c1ccccc1. The van der Waals surface area contributed by atoms with Crippen LogP contribution in [0.2, 0.25) is 0 Å². The van der Waals surface area contributed by atoms with E-state index in [1.165, 1.54) is 51.4 Å². The normalized spacial score (nSPS) is 25.9. The van der Waals surface area contributed by atoms with Crippen LogP contribution in [0.1, 0.15) is 74.6 Å². The molecule has 0 aromatic heterocycles. The molecule has 3 heteroatoms. The predicted octanol–water partition coefficient (Wildman–Crippen LogP) is 4.88. The molecule has 1 aromatic carbocycles. The van der Waals surface area contributed by atoms with Gasteiger partial charge in [-0.2, -0.15) is 0 Å². The summed E-state index contributed by atoms with van der Waals surface area (Å²) >= 11 is 0. The van der Waals surface area contributed by atoms with E-state index < -0.39 is 0 Å². The molecule has 2 saturated carbocycles. The lowest BCUT2D eigenvalue weighted by molar-refractivity contribution is 0.00875. The zero-order chi connectivity index (χ0) is 15.9. The van der Waals surface area contributed by atoms with E-state index in [1.807, 2.05) is 18.2 Å². The van der Waals surface area contributed by atoms with Gasteiger partial charge in [0.15, 0.2) is 0 Å². The number of benzene rings is 1. The highest BCUT2D eigenvalue weighted by Gasteiger charge is 2.25. The van der Waals surface area contributed by atoms with Crippen LogP contribution in [0.4, 0.5) is 0 Å². The van der Waals surface area contributed by atoms with E-state index in [0.29, 0.717) is 11.6 Å². The summed E-state index contributed by atoms with van der Waals surface area (Å²) in [6.45, 7) is 0. The molecule has 126 valence electrons. The average molecular weight is 315 g/mol. The molecule has 0 spiro atoms. The van der Waals surface area contributed by atoms with E-state index in [4.69, 9.17) is 4.84 Å². The van der Waals surface area contributed by atoms with Crippen LogP contribution in [0.5, 0.6) is 0 Å². The van der Waals surface area contributed by atoms with Crippen LogP contribution < -0.4 is 5.48 Å². The van der Waals surface area contributed by atoms with E-state index in [9.17, 15) is 4.79 Å². The predicted molar refractivity (Wildman–Crippen MR) is 91.9 cm³/mol. The van der Waals surface area contributed by atoms with Gasteiger partial charge in [-0.25, -0.2) is 4.79 Å². The van der Waals surface area contributed by atoms with Crippen molar-refractivity contribution in [2.24, 2.45) is 11.8 Å². The van der Waals surface area contributed by atoms with Gasteiger partial charge in [0.2, 0.25) is 0 Å². The van der Waals surface area contributed by atoms with Gasteiger partial charge in [0, 0.05) is 6.04 Å². The second kappa shape index (κ2) is 8.49. The van der Waals surface area contributed by atoms with Crippen molar-refractivity contribution in [3.05, 3.63) is 35.9 Å². The molecule has 0 amide bonds. The largest absolute Gasteiger partial charge is 0.366 e. The Morgan fingerprint density at radius 1 is 0.913 bits per heavy atom. The van der Waals surface area contributed by atoms with Crippen molar-refractivity contribution < 1.29 is 9.63 Å². The van der Waals surface area contributed by atoms with Crippen molar-refractivity contribution in [1.29, 1.82) is 0 Å². The summed E-state index contributed by atoms with van der Waals surface area (Å²) in [4.78, 5) is 17.2. The molecule has 0 saturated heterocycles. The fourth-order valence-corrected chi connectivity index (χ4v) is 4.18. The molecule has 0 radical (unpaired) electrons. The van der Waals surface area contributed by atoms with Crippen LogP contribution >= 0.6 is 0 Å². The van der Waals surface area contributed by atoms with Crippen LogP contribution in [0.3, 0.4) is 0 Å². The molecule has 2 aliphatic rings. The summed E-state index contributed by atoms with van der Waals surface area (Å²) in [5, 5.41) is 0. The van der Waals surface area contributed by atoms with Crippen molar-refractivity contribution in [3.63, 3.8) is 0 Å². The fourth-order valence-electron chi connectivity index (χ4n) is 4.18. The molecule has 0 unspecified atom stereocenters. The second-order valence-electron chi connectivity index (χ2n) is 7.33. The van der Waals surface area contributed by atoms with Crippen molar-refractivity contribution in [2.75, 3.05) is 0 Å². The zero-order valence-electron chi connectivity index (χ0n) is 14.0. The number of hydrogen-bond acceptors (Lipinski definition) is 3. The maximum absolute atomic E-state index is 11.9. The summed E-state index contributed by atoms with van der Waals surface area (Å²) in [5.74, 6) is 1.59. The number of carbonyl (C=O) groups excluding carboxylic acids is 1. The third-order valence-corrected chi connectivity index (χ3v) is 5.57. The Hall–Kier alpha value is -1.35. The minimum atomic E-state index is -0.282. The van der Waals surface area contributed by atoms with Gasteiger partial charge in [0.1, 0.15) is 0 Å². The van der Waals surface area contributed by atoms with Gasteiger partial charge in [-0.1, -0.05) is 50.3 Å². The molecule has 0 atom stereocenters. The van der Waals surface area contributed by atoms with Crippen LogP contribution in [-0.4, -0.2) is 12.0 Å². The molecule has 3 nitrogen and oxygen atoms in total. The molecule has 0 heterocycles. The third-order valence-electron chi connectivity index (χ3n) is 5.57. The molecule has 2 aliphatic carbocycles. The molecule has 2 fully saturated rings.